The van der Waals surface area contributed by atoms with Crippen LogP contribution in [0.2, 0.25) is 15.1 Å². The molecular weight excluding hydrogens is 305 g/mol. The fourth-order valence-electron chi connectivity index (χ4n) is 1.53. The summed E-state index contributed by atoms with van der Waals surface area (Å²) >= 11 is 17.8. The molecule has 0 heterocycles. The van der Waals surface area contributed by atoms with Gasteiger partial charge >= 0.3 is 0 Å². The molecule has 0 aliphatic rings. The maximum Gasteiger partial charge on any atom is 0.119 e. The Kier molecular flexibility index (Phi) is 5.20. The van der Waals surface area contributed by atoms with Crippen molar-refractivity contribution in [1.29, 1.82) is 0 Å². The first-order chi connectivity index (χ1) is 9.16. The third kappa shape index (κ3) is 4.20. The summed E-state index contributed by atoms with van der Waals surface area (Å²) in [7, 11) is 0. The van der Waals surface area contributed by atoms with Crippen molar-refractivity contribution in [1.82, 2.24) is 0 Å². The lowest BCUT2D eigenvalue weighted by atomic mass is 10.3. The Balaban J connectivity index is 1.85. The Morgan fingerprint density at radius 2 is 1.58 bits per heavy atom. The van der Waals surface area contributed by atoms with Gasteiger partial charge in [-0.3, -0.25) is 0 Å². The molecule has 0 bridgehead atoms. The molecule has 0 fully saturated rings. The van der Waals surface area contributed by atoms with Gasteiger partial charge in [0.1, 0.15) is 12.4 Å². The van der Waals surface area contributed by atoms with Gasteiger partial charge in [0, 0.05) is 6.54 Å². The molecule has 5 heteroatoms. The summed E-state index contributed by atoms with van der Waals surface area (Å²) in [6.07, 6.45) is 0. The topological polar surface area (TPSA) is 21.3 Å². The van der Waals surface area contributed by atoms with Gasteiger partial charge in [-0.25, -0.2) is 0 Å². The first-order valence-electron chi connectivity index (χ1n) is 5.73. The smallest absolute Gasteiger partial charge is 0.119 e. The molecule has 1 N–H and O–H groups in total. The zero-order valence-electron chi connectivity index (χ0n) is 10.00. The monoisotopic (exact) mass is 315 g/mol. The maximum atomic E-state index is 6.05. The summed E-state index contributed by atoms with van der Waals surface area (Å²) in [5, 5.41) is 4.60. The molecule has 0 saturated heterocycles. The minimum Gasteiger partial charge on any atom is -0.492 e. The van der Waals surface area contributed by atoms with E-state index in [4.69, 9.17) is 39.5 Å². The lowest BCUT2D eigenvalue weighted by Crippen LogP contribution is -2.11. The fraction of sp³-hybridized carbons (Fsp3) is 0.143. The molecule has 0 aliphatic carbocycles. The lowest BCUT2D eigenvalue weighted by Gasteiger charge is -2.10. The van der Waals surface area contributed by atoms with Crippen molar-refractivity contribution < 1.29 is 4.74 Å². The molecule has 2 aromatic rings. The van der Waals surface area contributed by atoms with Crippen LogP contribution in [0.1, 0.15) is 0 Å². The van der Waals surface area contributed by atoms with E-state index in [0.29, 0.717) is 28.2 Å². The molecule has 0 saturated carbocycles. The standard InChI is InChI=1S/C14H12Cl3NO/c15-11-8-13(17)14(9-12(11)16)18-6-7-19-10-4-2-1-3-5-10/h1-5,8-9,18H,6-7H2. The molecule has 0 unspecified atom stereocenters. The van der Waals surface area contributed by atoms with Crippen LogP contribution in [0, 0.1) is 0 Å². The van der Waals surface area contributed by atoms with E-state index in [0.717, 1.165) is 11.4 Å². The maximum absolute atomic E-state index is 6.05. The van der Waals surface area contributed by atoms with Gasteiger partial charge in [-0.1, -0.05) is 53.0 Å². The number of para-hydroxylation sites is 1. The van der Waals surface area contributed by atoms with E-state index in [9.17, 15) is 0 Å². The fourth-order valence-corrected chi connectivity index (χ4v) is 2.14. The van der Waals surface area contributed by atoms with Crippen molar-refractivity contribution in [3.63, 3.8) is 0 Å². The number of halogens is 3. The third-order valence-electron chi connectivity index (χ3n) is 2.44. The van der Waals surface area contributed by atoms with Gasteiger partial charge in [-0.05, 0) is 24.3 Å². The lowest BCUT2D eigenvalue weighted by molar-refractivity contribution is 0.333. The number of rotatable bonds is 5. The van der Waals surface area contributed by atoms with Gasteiger partial charge in [0.15, 0.2) is 0 Å². The predicted molar refractivity (Wildman–Crippen MR) is 81.9 cm³/mol. The summed E-state index contributed by atoms with van der Waals surface area (Å²) in [4.78, 5) is 0. The average molecular weight is 317 g/mol. The van der Waals surface area contributed by atoms with Crippen LogP contribution in [0.25, 0.3) is 0 Å². The van der Waals surface area contributed by atoms with Crippen molar-refractivity contribution in [2.24, 2.45) is 0 Å². The van der Waals surface area contributed by atoms with Crippen molar-refractivity contribution >= 4 is 40.5 Å². The van der Waals surface area contributed by atoms with E-state index in [1.807, 2.05) is 30.3 Å². The largest absolute Gasteiger partial charge is 0.492 e. The summed E-state index contributed by atoms with van der Waals surface area (Å²) in [6, 6.07) is 12.9. The number of benzene rings is 2. The molecule has 19 heavy (non-hydrogen) atoms. The minimum atomic E-state index is 0.442. The van der Waals surface area contributed by atoms with Crippen LogP contribution in [-0.2, 0) is 0 Å². The van der Waals surface area contributed by atoms with E-state index in [1.165, 1.54) is 0 Å². The summed E-state index contributed by atoms with van der Waals surface area (Å²) < 4.78 is 5.56. The zero-order valence-corrected chi connectivity index (χ0v) is 12.3. The molecule has 2 nitrogen and oxygen atoms in total. The second-order valence-electron chi connectivity index (χ2n) is 3.83. The van der Waals surface area contributed by atoms with E-state index < -0.39 is 0 Å². The van der Waals surface area contributed by atoms with Crippen LogP contribution in [-0.4, -0.2) is 13.2 Å². The Morgan fingerprint density at radius 3 is 2.32 bits per heavy atom. The zero-order chi connectivity index (χ0) is 13.7. The van der Waals surface area contributed by atoms with Crippen molar-refractivity contribution in [2.75, 3.05) is 18.5 Å². The molecule has 0 aliphatic heterocycles. The van der Waals surface area contributed by atoms with Crippen LogP contribution in [0.4, 0.5) is 5.69 Å². The van der Waals surface area contributed by atoms with Gasteiger partial charge in [0.05, 0.1) is 20.8 Å². The SMILES string of the molecule is Clc1cc(Cl)c(NCCOc2ccccc2)cc1Cl. The van der Waals surface area contributed by atoms with Crippen LogP contribution in [0.5, 0.6) is 5.75 Å². The number of hydrogen-bond donors (Lipinski definition) is 1. The molecule has 0 spiro atoms. The number of hydrogen-bond acceptors (Lipinski definition) is 2. The molecule has 2 rings (SSSR count). The van der Waals surface area contributed by atoms with E-state index in [1.54, 1.807) is 12.1 Å². The molecular formula is C14H12Cl3NO. The second-order valence-corrected chi connectivity index (χ2v) is 5.06. The van der Waals surface area contributed by atoms with Crippen LogP contribution >= 0.6 is 34.8 Å². The quantitative estimate of drug-likeness (QED) is 0.609. The van der Waals surface area contributed by atoms with Crippen LogP contribution < -0.4 is 10.1 Å². The Labute approximate surface area is 127 Å². The van der Waals surface area contributed by atoms with Gasteiger partial charge in [-0.2, -0.15) is 0 Å². The number of ether oxygens (including phenoxy) is 1. The third-order valence-corrected chi connectivity index (χ3v) is 3.47. The Hall–Kier alpha value is -1.09. The van der Waals surface area contributed by atoms with Crippen LogP contribution in [0.15, 0.2) is 42.5 Å². The molecule has 0 atom stereocenters. The highest BCUT2D eigenvalue weighted by molar-refractivity contribution is 6.44. The van der Waals surface area contributed by atoms with Gasteiger partial charge in [0.25, 0.3) is 0 Å². The molecule has 0 aromatic heterocycles. The van der Waals surface area contributed by atoms with E-state index in [2.05, 4.69) is 5.32 Å². The number of nitrogens with one attached hydrogen (secondary N) is 1. The highest BCUT2D eigenvalue weighted by Crippen LogP contribution is 2.32. The minimum absolute atomic E-state index is 0.442. The van der Waals surface area contributed by atoms with Crippen molar-refractivity contribution in [3.05, 3.63) is 57.5 Å². The van der Waals surface area contributed by atoms with E-state index >= 15 is 0 Å². The molecule has 100 valence electrons. The highest BCUT2D eigenvalue weighted by atomic mass is 35.5. The van der Waals surface area contributed by atoms with Crippen molar-refractivity contribution in [3.8, 4) is 5.75 Å². The van der Waals surface area contributed by atoms with Gasteiger partial charge < -0.3 is 10.1 Å². The second kappa shape index (κ2) is 6.90. The predicted octanol–water partition coefficient (Wildman–Crippen LogP) is 5.14. The first-order valence-corrected chi connectivity index (χ1v) is 6.86. The van der Waals surface area contributed by atoms with Gasteiger partial charge in [0.2, 0.25) is 0 Å². The van der Waals surface area contributed by atoms with Crippen molar-refractivity contribution in [2.45, 2.75) is 0 Å². The summed E-state index contributed by atoms with van der Waals surface area (Å²) in [6.45, 7) is 1.15. The molecule has 0 radical (unpaired) electrons. The first kappa shape index (κ1) is 14.3. The Bertz CT molecular complexity index is 546. The summed E-state index contributed by atoms with van der Waals surface area (Å²) in [5.74, 6) is 0.838. The normalized spacial score (nSPS) is 10.3. The highest BCUT2D eigenvalue weighted by Gasteiger charge is 2.05. The van der Waals surface area contributed by atoms with E-state index in [-0.39, 0.29) is 0 Å². The summed E-state index contributed by atoms with van der Waals surface area (Å²) in [5.41, 5.74) is 0.743. The molecule has 2 aromatic carbocycles. The van der Waals surface area contributed by atoms with Crippen LogP contribution in [0.3, 0.4) is 0 Å². The number of anilines is 1. The van der Waals surface area contributed by atoms with Gasteiger partial charge in [-0.15, -0.1) is 0 Å². The molecule has 0 amide bonds. The average Bonchev–Trinajstić information content (AvgIpc) is 2.41. The Morgan fingerprint density at radius 1 is 0.895 bits per heavy atom.